The molecule has 2 nitrogen and oxygen atoms in total. The van der Waals surface area contributed by atoms with Gasteiger partial charge in [-0.15, -0.1) is 0 Å². The Morgan fingerprint density at radius 1 is 1.50 bits per heavy atom. The molecule has 0 amide bonds. The summed E-state index contributed by atoms with van der Waals surface area (Å²) in [6.07, 6.45) is 4.44. The third kappa shape index (κ3) is 1.29. The third-order valence-electron chi connectivity index (χ3n) is 2.23. The zero-order valence-corrected chi connectivity index (χ0v) is 7.50. The molecule has 2 rings (SSSR count). The fourth-order valence-electron chi connectivity index (χ4n) is 1.44. The second kappa shape index (κ2) is 2.77. The fraction of sp³-hybridized carbons (Fsp3) is 0.500. The number of hydrogen-bond donors (Lipinski definition) is 0. The summed E-state index contributed by atoms with van der Waals surface area (Å²) in [5, 5.41) is 0. The van der Waals surface area contributed by atoms with Gasteiger partial charge < -0.3 is 4.74 Å². The Bertz CT molecular complexity index is 292. The lowest BCUT2D eigenvalue weighted by Gasteiger charge is -2.05. The molecule has 1 heterocycles. The number of rotatable bonds is 2. The van der Waals surface area contributed by atoms with E-state index in [-0.39, 0.29) is 0 Å². The Balaban J connectivity index is 2.39. The third-order valence-corrected chi connectivity index (χ3v) is 2.23. The van der Waals surface area contributed by atoms with Crippen LogP contribution in [-0.4, -0.2) is 12.1 Å². The van der Waals surface area contributed by atoms with Gasteiger partial charge in [0.05, 0.1) is 7.11 Å². The average Bonchev–Trinajstić information content (AvgIpc) is 2.87. The molecular weight excluding hydrogens is 150 g/mol. The Labute approximate surface area is 72.6 Å². The van der Waals surface area contributed by atoms with Gasteiger partial charge in [-0.05, 0) is 37.3 Å². The maximum Gasteiger partial charge on any atom is 0.216 e. The van der Waals surface area contributed by atoms with Crippen LogP contribution in [0.5, 0.6) is 5.88 Å². The number of aromatic nitrogens is 1. The molecule has 0 N–H and O–H groups in total. The van der Waals surface area contributed by atoms with Crippen LogP contribution in [0.3, 0.4) is 0 Å². The molecule has 0 saturated heterocycles. The SMILES string of the molecule is COc1ncc(C)cc1C1CC1. The maximum absolute atomic E-state index is 5.19. The molecule has 0 spiro atoms. The van der Waals surface area contributed by atoms with E-state index in [9.17, 15) is 0 Å². The van der Waals surface area contributed by atoms with Gasteiger partial charge in [-0.25, -0.2) is 4.98 Å². The van der Waals surface area contributed by atoms with Crippen LogP contribution in [-0.2, 0) is 0 Å². The van der Waals surface area contributed by atoms with Gasteiger partial charge in [0.1, 0.15) is 0 Å². The summed E-state index contributed by atoms with van der Waals surface area (Å²) in [5.74, 6) is 1.52. The van der Waals surface area contributed by atoms with E-state index in [1.165, 1.54) is 24.0 Å². The number of hydrogen-bond acceptors (Lipinski definition) is 2. The highest BCUT2D eigenvalue weighted by molar-refractivity contribution is 5.35. The molecule has 0 aliphatic heterocycles. The van der Waals surface area contributed by atoms with Gasteiger partial charge in [-0.2, -0.15) is 0 Å². The molecule has 12 heavy (non-hydrogen) atoms. The zero-order chi connectivity index (χ0) is 8.55. The molecule has 1 fully saturated rings. The van der Waals surface area contributed by atoms with E-state index in [2.05, 4.69) is 18.0 Å². The van der Waals surface area contributed by atoms with E-state index >= 15 is 0 Å². The van der Waals surface area contributed by atoms with Gasteiger partial charge in [0, 0.05) is 11.8 Å². The molecule has 64 valence electrons. The van der Waals surface area contributed by atoms with Gasteiger partial charge >= 0.3 is 0 Å². The highest BCUT2D eigenvalue weighted by Crippen LogP contribution is 2.43. The Morgan fingerprint density at radius 3 is 2.83 bits per heavy atom. The lowest BCUT2D eigenvalue weighted by atomic mass is 10.1. The summed E-state index contributed by atoms with van der Waals surface area (Å²) in [6.45, 7) is 2.07. The van der Waals surface area contributed by atoms with Gasteiger partial charge in [-0.3, -0.25) is 0 Å². The molecule has 0 aromatic carbocycles. The van der Waals surface area contributed by atoms with Crippen LogP contribution in [0.4, 0.5) is 0 Å². The minimum atomic E-state index is 0.715. The van der Waals surface area contributed by atoms with Crippen molar-refractivity contribution in [1.82, 2.24) is 4.98 Å². The number of aryl methyl sites for hydroxylation is 1. The molecular formula is C10H13NO. The van der Waals surface area contributed by atoms with Crippen molar-refractivity contribution in [3.05, 3.63) is 23.4 Å². The van der Waals surface area contributed by atoms with Crippen molar-refractivity contribution in [1.29, 1.82) is 0 Å². The van der Waals surface area contributed by atoms with E-state index in [1.54, 1.807) is 7.11 Å². The van der Waals surface area contributed by atoms with E-state index in [0.717, 1.165) is 5.88 Å². The molecule has 0 bridgehead atoms. The van der Waals surface area contributed by atoms with Crippen LogP contribution in [0, 0.1) is 6.92 Å². The topological polar surface area (TPSA) is 22.1 Å². The first-order valence-corrected chi connectivity index (χ1v) is 4.32. The predicted molar refractivity (Wildman–Crippen MR) is 47.5 cm³/mol. The van der Waals surface area contributed by atoms with Crippen LogP contribution in [0.25, 0.3) is 0 Å². The Hall–Kier alpha value is -1.05. The van der Waals surface area contributed by atoms with Gasteiger partial charge in [-0.1, -0.05) is 0 Å². The smallest absolute Gasteiger partial charge is 0.216 e. The summed E-state index contributed by atoms with van der Waals surface area (Å²) >= 11 is 0. The second-order valence-electron chi connectivity index (χ2n) is 3.39. The highest BCUT2D eigenvalue weighted by atomic mass is 16.5. The van der Waals surface area contributed by atoms with E-state index in [0.29, 0.717) is 5.92 Å². The first-order valence-electron chi connectivity index (χ1n) is 4.32. The van der Waals surface area contributed by atoms with Gasteiger partial charge in [0.15, 0.2) is 0 Å². The van der Waals surface area contributed by atoms with Crippen molar-refractivity contribution in [2.75, 3.05) is 7.11 Å². The van der Waals surface area contributed by atoms with E-state index < -0.39 is 0 Å². The molecule has 0 radical (unpaired) electrons. The molecule has 0 atom stereocenters. The van der Waals surface area contributed by atoms with Crippen LogP contribution < -0.4 is 4.74 Å². The summed E-state index contributed by atoms with van der Waals surface area (Å²) in [5.41, 5.74) is 2.51. The summed E-state index contributed by atoms with van der Waals surface area (Å²) in [6, 6.07) is 2.18. The number of methoxy groups -OCH3 is 1. The van der Waals surface area contributed by atoms with Crippen molar-refractivity contribution in [2.24, 2.45) is 0 Å². The molecule has 1 aliphatic carbocycles. The molecule has 1 aromatic rings. The average molecular weight is 163 g/mol. The van der Waals surface area contributed by atoms with Crippen molar-refractivity contribution in [2.45, 2.75) is 25.7 Å². The number of nitrogens with zero attached hydrogens (tertiary/aromatic N) is 1. The fourth-order valence-corrected chi connectivity index (χ4v) is 1.44. The largest absolute Gasteiger partial charge is 0.481 e. The number of ether oxygens (including phenoxy) is 1. The first kappa shape index (κ1) is 7.59. The monoisotopic (exact) mass is 163 g/mol. The van der Waals surface area contributed by atoms with Crippen LogP contribution in [0.2, 0.25) is 0 Å². The van der Waals surface area contributed by atoms with Crippen molar-refractivity contribution in [3.63, 3.8) is 0 Å². The molecule has 1 aromatic heterocycles. The number of pyridine rings is 1. The predicted octanol–water partition coefficient (Wildman–Crippen LogP) is 2.28. The normalized spacial score (nSPS) is 16.2. The summed E-state index contributed by atoms with van der Waals surface area (Å²) in [4.78, 5) is 4.24. The van der Waals surface area contributed by atoms with Crippen molar-refractivity contribution < 1.29 is 4.74 Å². The quantitative estimate of drug-likeness (QED) is 0.667. The standard InChI is InChI=1S/C10H13NO/c1-7-5-9(8-3-4-8)10(12-2)11-6-7/h5-6,8H,3-4H2,1-2H3. The van der Waals surface area contributed by atoms with Gasteiger partial charge in [0.2, 0.25) is 5.88 Å². The van der Waals surface area contributed by atoms with Crippen molar-refractivity contribution in [3.8, 4) is 5.88 Å². The van der Waals surface area contributed by atoms with E-state index in [4.69, 9.17) is 4.74 Å². The Kier molecular flexibility index (Phi) is 1.75. The summed E-state index contributed by atoms with van der Waals surface area (Å²) < 4.78 is 5.19. The first-order chi connectivity index (χ1) is 5.81. The minimum Gasteiger partial charge on any atom is -0.481 e. The second-order valence-corrected chi connectivity index (χ2v) is 3.39. The Morgan fingerprint density at radius 2 is 2.25 bits per heavy atom. The van der Waals surface area contributed by atoms with Crippen molar-refractivity contribution >= 4 is 0 Å². The van der Waals surface area contributed by atoms with E-state index in [1.807, 2.05) is 6.20 Å². The molecule has 1 aliphatic rings. The summed E-state index contributed by atoms with van der Waals surface area (Å²) in [7, 11) is 1.68. The lowest BCUT2D eigenvalue weighted by molar-refractivity contribution is 0.392. The zero-order valence-electron chi connectivity index (χ0n) is 7.50. The lowest BCUT2D eigenvalue weighted by Crippen LogP contribution is -1.94. The highest BCUT2D eigenvalue weighted by Gasteiger charge is 2.27. The minimum absolute atomic E-state index is 0.715. The molecule has 0 unspecified atom stereocenters. The van der Waals surface area contributed by atoms with Crippen LogP contribution in [0.15, 0.2) is 12.3 Å². The van der Waals surface area contributed by atoms with Crippen LogP contribution in [0.1, 0.15) is 29.9 Å². The molecule has 1 saturated carbocycles. The van der Waals surface area contributed by atoms with Gasteiger partial charge in [0.25, 0.3) is 0 Å². The van der Waals surface area contributed by atoms with Crippen LogP contribution >= 0.6 is 0 Å². The molecule has 2 heteroatoms. The maximum atomic E-state index is 5.19.